The van der Waals surface area contributed by atoms with Gasteiger partial charge >= 0.3 is 12.2 Å². The Labute approximate surface area is 179 Å². The first-order chi connectivity index (χ1) is 13.9. The van der Waals surface area contributed by atoms with Crippen LogP contribution in [0.15, 0.2) is 24.4 Å². The first kappa shape index (κ1) is 22.2. The molecule has 1 saturated heterocycles. The van der Waals surface area contributed by atoms with E-state index in [4.69, 9.17) is 9.47 Å². The van der Waals surface area contributed by atoms with Gasteiger partial charge in [0.05, 0.1) is 5.52 Å². The van der Waals surface area contributed by atoms with Gasteiger partial charge in [-0.3, -0.25) is 4.57 Å². The summed E-state index contributed by atoms with van der Waals surface area (Å²) >= 11 is 0. The Kier molecular flexibility index (Phi) is 5.89. The van der Waals surface area contributed by atoms with E-state index < -0.39 is 11.2 Å². The monoisotopic (exact) mass is 414 g/mol. The highest BCUT2D eigenvalue weighted by atomic mass is 16.6. The lowest BCUT2D eigenvalue weighted by Gasteiger charge is -2.33. The molecule has 2 aromatic rings. The lowest BCUT2D eigenvalue weighted by molar-refractivity contribution is 0.0205. The first-order valence-electron chi connectivity index (χ1n) is 10.7. The fourth-order valence-corrected chi connectivity index (χ4v) is 3.96. The van der Waals surface area contributed by atoms with Crippen LogP contribution in [0.5, 0.6) is 0 Å². The molecule has 1 aromatic carbocycles. The van der Waals surface area contributed by atoms with Crippen molar-refractivity contribution < 1.29 is 19.1 Å². The zero-order chi connectivity index (χ0) is 22.3. The van der Waals surface area contributed by atoms with E-state index in [1.54, 1.807) is 9.47 Å². The van der Waals surface area contributed by atoms with E-state index in [1.807, 2.05) is 66.8 Å². The third-order valence-electron chi connectivity index (χ3n) is 5.23. The number of nitrogens with zero attached hydrogens (tertiary/aromatic N) is 2. The van der Waals surface area contributed by atoms with Crippen LogP contribution in [0.4, 0.5) is 9.59 Å². The molecule has 1 fully saturated rings. The molecule has 0 aliphatic carbocycles. The van der Waals surface area contributed by atoms with Gasteiger partial charge in [0.15, 0.2) is 0 Å². The number of aromatic nitrogens is 1. The van der Waals surface area contributed by atoms with E-state index in [2.05, 4.69) is 6.07 Å². The van der Waals surface area contributed by atoms with Gasteiger partial charge in [0.1, 0.15) is 11.2 Å². The minimum absolute atomic E-state index is 0.257. The van der Waals surface area contributed by atoms with Gasteiger partial charge in [-0.25, -0.2) is 9.59 Å². The number of piperidine rings is 1. The summed E-state index contributed by atoms with van der Waals surface area (Å²) in [5.41, 5.74) is 2.03. The maximum Gasteiger partial charge on any atom is 0.419 e. The van der Waals surface area contributed by atoms with Gasteiger partial charge in [0, 0.05) is 24.7 Å². The van der Waals surface area contributed by atoms with Crippen molar-refractivity contribution in [2.24, 2.45) is 0 Å². The number of hydrogen-bond donors (Lipinski definition) is 0. The van der Waals surface area contributed by atoms with Gasteiger partial charge in [-0.2, -0.15) is 0 Å². The Bertz CT molecular complexity index is 938. The molecule has 0 N–H and O–H groups in total. The molecule has 1 amide bonds. The Morgan fingerprint density at radius 1 is 0.933 bits per heavy atom. The van der Waals surface area contributed by atoms with Crippen molar-refractivity contribution in [3.05, 3.63) is 35.5 Å². The average Bonchev–Trinajstić information content (AvgIpc) is 3.00. The highest BCUT2D eigenvalue weighted by Crippen LogP contribution is 2.36. The van der Waals surface area contributed by atoms with Gasteiger partial charge < -0.3 is 14.4 Å². The summed E-state index contributed by atoms with van der Waals surface area (Å²) in [5, 5.41) is 1.08. The smallest absolute Gasteiger partial charge is 0.419 e. The summed E-state index contributed by atoms with van der Waals surface area (Å²) in [5.74, 6) is 0.275. The molecule has 1 aliphatic rings. The number of para-hydroxylation sites is 1. The van der Waals surface area contributed by atoms with E-state index in [1.165, 1.54) is 0 Å². The van der Waals surface area contributed by atoms with Gasteiger partial charge in [-0.1, -0.05) is 18.2 Å². The number of aryl methyl sites for hydroxylation is 1. The molecule has 0 bridgehead atoms. The van der Waals surface area contributed by atoms with Crippen LogP contribution in [-0.2, 0) is 9.47 Å². The van der Waals surface area contributed by atoms with E-state index in [0.717, 1.165) is 34.9 Å². The summed E-state index contributed by atoms with van der Waals surface area (Å²) in [7, 11) is 0. The Morgan fingerprint density at radius 3 is 2.07 bits per heavy atom. The predicted octanol–water partition coefficient (Wildman–Crippen LogP) is 5.85. The van der Waals surface area contributed by atoms with Gasteiger partial charge in [0.2, 0.25) is 0 Å². The number of likely N-dealkylation sites (tertiary alicyclic amines) is 1. The largest absolute Gasteiger partial charge is 0.444 e. The number of carbonyl (C=O) groups excluding carboxylic acids is 2. The van der Waals surface area contributed by atoms with Crippen LogP contribution in [-0.4, -0.2) is 45.9 Å². The highest BCUT2D eigenvalue weighted by molar-refractivity contribution is 5.94. The van der Waals surface area contributed by atoms with Gasteiger partial charge in [0.25, 0.3) is 0 Å². The van der Waals surface area contributed by atoms with Crippen LogP contribution < -0.4 is 0 Å². The van der Waals surface area contributed by atoms with E-state index in [9.17, 15) is 9.59 Å². The fourth-order valence-electron chi connectivity index (χ4n) is 3.96. The van der Waals surface area contributed by atoms with Crippen molar-refractivity contribution in [1.82, 2.24) is 9.47 Å². The summed E-state index contributed by atoms with van der Waals surface area (Å²) < 4.78 is 12.8. The molecule has 6 nitrogen and oxygen atoms in total. The van der Waals surface area contributed by atoms with Crippen molar-refractivity contribution in [3.8, 4) is 0 Å². The molecule has 3 rings (SSSR count). The highest BCUT2D eigenvalue weighted by Gasteiger charge is 2.30. The molecular weight excluding hydrogens is 380 g/mol. The lowest BCUT2D eigenvalue weighted by atomic mass is 9.89. The molecule has 1 aromatic heterocycles. The number of rotatable bonds is 1. The SMILES string of the molecule is Cc1cccc2c(C3CCN(C(=O)OC(C)(C)C)CC3)cn(C(=O)OC(C)(C)C)c12. The number of ether oxygens (including phenoxy) is 2. The second kappa shape index (κ2) is 7.97. The molecule has 0 radical (unpaired) electrons. The zero-order valence-electron chi connectivity index (χ0n) is 19.2. The number of amides is 1. The quantitative estimate of drug-likeness (QED) is 0.587. The van der Waals surface area contributed by atoms with Gasteiger partial charge in [-0.05, 0) is 78.4 Å². The summed E-state index contributed by atoms with van der Waals surface area (Å²) in [6.07, 6.45) is 2.98. The molecule has 0 unspecified atom stereocenters. The third-order valence-corrected chi connectivity index (χ3v) is 5.23. The first-order valence-corrected chi connectivity index (χ1v) is 10.7. The normalized spacial score (nSPS) is 16.0. The molecule has 0 spiro atoms. The second-order valence-corrected chi connectivity index (χ2v) is 10.1. The standard InChI is InChI=1S/C24H34N2O4/c1-16-9-8-10-18-19(15-26(20(16)18)22(28)30-24(5,6)7)17-11-13-25(14-12-17)21(27)29-23(2,3)4/h8-10,15,17H,11-14H2,1-7H3. The fraction of sp³-hybridized carbons (Fsp3) is 0.583. The average molecular weight is 415 g/mol. The van der Waals surface area contributed by atoms with Gasteiger partial charge in [-0.15, -0.1) is 0 Å². The Balaban J connectivity index is 1.85. The Hall–Kier alpha value is -2.50. The van der Waals surface area contributed by atoms with Crippen LogP contribution in [0.25, 0.3) is 10.9 Å². The molecule has 2 heterocycles. The van der Waals surface area contributed by atoms with Crippen LogP contribution in [0.3, 0.4) is 0 Å². The minimum atomic E-state index is -0.560. The maximum absolute atomic E-state index is 12.9. The number of fused-ring (bicyclic) bond motifs is 1. The maximum atomic E-state index is 12.9. The number of benzene rings is 1. The third kappa shape index (κ3) is 4.97. The van der Waals surface area contributed by atoms with Crippen molar-refractivity contribution in [2.75, 3.05) is 13.1 Å². The molecule has 30 heavy (non-hydrogen) atoms. The van der Waals surface area contributed by atoms with Crippen LogP contribution in [0, 0.1) is 6.92 Å². The molecule has 164 valence electrons. The molecule has 0 saturated carbocycles. The van der Waals surface area contributed by atoms with Crippen LogP contribution in [0.2, 0.25) is 0 Å². The van der Waals surface area contributed by atoms with Crippen molar-refractivity contribution in [3.63, 3.8) is 0 Å². The van der Waals surface area contributed by atoms with Crippen LogP contribution >= 0.6 is 0 Å². The Morgan fingerprint density at radius 2 is 1.50 bits per heavy atom. The number of hydrogen-bond acceptors (Lipinski definition) is 4. The van der Waals surface area contributed by atoms with Crippen molar-refractivity contribution in [2.45, 2.75) is 78.4 Å². The molecule has 1 aliphatic heterocycles. The summed E-state index contributed by atoms with van der Waals surface area (Å²) in [4.78, 5) is 27.0. The minimum Gasteiger partial charge on any atom is -0.444 e. The topological polar surface area (TPSA) is 60.8 Å². The van der Waals surface area contributed by atoms with E-state index in [0.29, 0.717) is 13.1 Å². The summed E-state index contributed by atoms with van der Waals surface area (Å²) in [6.45, 7) is 14.6. The number of carbonyl (C=O) groups is 2. The molecule has 0 atom stereocenters. The molecular formula is C24H34N2O4. The van der Waals surface area contributed by atoms with Crippen molar-refractivity contribution >= 4 is 23.1 Å². The summed E-state index contributed by atoms with van der Waals surface area (Å²) in [6, 6.07) is 6.10. The second-order valence-electron chi connectivity index (χ2n) is 10.1. The van der Waals surface area contributed by atoms with E-state index >= 15 is 0 Å². The van der Waals surface area contributed by atoms with Crippen molar-refractivity contribution in [1.29, 1.82) is 0 Å². The van der Waals surface area contributed by atoms with E-state index in [-0.39, 0.29) is 18.1 Å². The lowest BCUT2D eigenvalue weighted by Crippen LogP contribution is -2.41. The zero-order valence-corrected chi connectivity index (χ0v) is 19.2. The molecule has 6 heteroatoms. The predicted molar refractivity (Wildman–Crippen MR) is 118 cm³/mol. The van der Waals surface area contributed by atoms with Crippen LogP contribution in [0.1, 0.15) is 71.4 Å².